The summed E-state index contributed by atoms with van der Waals surface area (Å²) in [5.74, 6) is 0.741. The molecular formula is C24H22N2O2. The molecule has 28 heavy (non-hydrogen) atoms. The van der Waals surface area contributed by atoms with Crippen molar-refractivity contribution in [1.82, 2.24) is 4.57 Å². The van der Waals surface area contributed by atoms with E-state index in [4.69, 9.17) is 4.74 Å². The zero-order valence-electron chi connectivity index (χ0n) is 15.8. The minimum absolute atomic E-state index is 0.0330. The lowest BCUT2D eigenvalue weighted by molar-refractivity contribution is -0.115. The third-order valence-electron chi connectivity index (χ3n) is 4.72. The van der Waals surface area contributed by atoms with Gasteiger partial charge in [0.15, 0.2) is 0 Å². The van der Waals surface area contributed by atoms with Crippen molar-refractivity contribution in [3.8, 4) is 5.75 Å². The fourth-order valence-electron chi connectivity index (χ4n) is 3.32. The van der Waals surface area contributed by atoms with Crippen LogP contribution in [-0.4, -0.2) is 10.5 Å². The highest BCUT2D eigenvalue weighted by Gasteiger charge is 2.10. The highest BCUT2D eigenvalue weighted by atomic mass is 16.5. The number of ether oxygens (including phenoxy) is 1. The van der Waals surface area contributed by atoms with E-state index in [2.05, 4.69) is 22.0 Å². The molecule has 3 aromatic carbocycles. The summed E-state index contributed by atoms with van der Waals surface area (Å²) in [5, 5.41) is 4.08. The number of aromatic nitrogens is 1. The molecule has 0 atom stereocenters. The maximum atomic E-state index is 12.5. The van der Waals surface area contributed by atoms with Crippen molar-refractivity contribution in [2.45, 2.75) is 13.0 Å². The normalized spacial score (nSPS) is 10.8. The van der Waals surface area contributed by atoms with Crippen LogP contribution in [0.1, 0.15) is 11.1 Å². The fraction of sp³-hybridized carbons (Fsp3) is 0.125. The first-order valence-corrected chi connectivity index (χ1v) is 9.28. The molecule has 0 saturated carbocycles. The van der Waals surface area contributed by atoms with Gasteiger partial charge >= 0.3 is 0 Å². The molecular weight excluding hydrogens is 348 g/mol. The Kier molecular flexibility index (Phi) is 5.11. The molecule has 0 bridgehead atoms. The number of hydrogen-bond donors (Lipinski definition) is 1. The molecule has 4 rings (SSSR count). The highest BCUT2D eigenvalue weighted by Crippen LogP contribution is 2.22. The van der Waals surface area contributed by atoms with Gasteiger partial charge < -0.3 is 14.6 Å². The van der Waals surface area contributed by atoms with Crippen molar-refractivity contribution < 1.29 is 9.53 Å². The number of carbonyl (C=O) groups excluding carboxylic acids is 1. The second-order valence-electron chi connectivity index (χ2n) is 6.81. The predicted molar refractivity (Wildman–Crippen MR) is 112 cm³/mol. The Morgan fingerprint density at radius 1 is 0.929 bits per heavy atom. The van der Waals surface area contributed by atoms with Crippen LogP contribution in [0, 0.1) is 0 Å². The van der Waals surface area contributed by atoms with Gasteiger partial charge in [0.2, 0.25) is 5.91 Å². The summed E-state index contributed by atoms with van der Waals surface area (Å²) in [7, 11) is 2.00. The van der Waals surface area contributed by atoms with Crippen molar-refractivity contribution in [3.63, 3.8) is 0 Å². The summed E-state index contributed by atoms with van der Waals surface area (Å²) < 4.78 is 7.84. The molecule has 0 saturated heterocycles. The minimum Gasteiger partial charge on any atom is -0.489 e. The van der Waals surface area contributed by atoms with Gasteiger partial charge in [0.25, 0.3) is 0 Å². The Bertz CT molecular complexity index is 1080. The van der Waals surface area contributed by atoms with Gasteiger partial charge in [-0.2, -0.15) is 0 Å². The van der Waals surface area contributed by atoms with E-state index >= 15 is 0 Å². The standard InChI is InChI=1S/C24H22N2O2/c1-26-16-19(22-9-5-6-10-23(22)26)15-24(27)25-20-11-13-21(14-12-20)28-17-18-7-3-2-4-8-18/h2-14,16H,15,17H2,1H3,(H,25,27). The topological polar surface area (TPSA) is 43.3 Å². The highest BCUT2D eigenvalue weighted by molar-refractivity contribution is 5.96. The Morgan fingerprint density at radius 3 is 2.43 bits per heavy atom. The molecule has 1 heterocycles. The zero-order valence-corrected chi connectivity index (χ0v) is 15.8. The third kappa shape index (κ3) is 4.07. The van der Waals surface area contributed by atoms with Gasteiger partial charge in [0.05, 0.1) is 6.42 Å². The SMILES string of the molecule is Cn1cc(CC(=O)Nc2ccc(OCc3ccccc3)cc2)c2ccccc21. The summed E-state index contributed by atoms with van der Waals surface area (Å²) >= 11 is 0. The van der Waals surface area contributed by atoms with Crippen LogP contribution in [0.4, 0.5) is 5.69 Å². The Balaban J connectivity index is 1.36. The lowest BCUT2D eigenvalue weighted by Crippen LogP contribution is -2.14. The predicted octanol–water partition coefficient (Wildman–Crippen LogP) is 4.94. The first-order valence-electron chi connectivity index (χ1n) is 9.28. The average Bonchev–Trinajstić information content (AvgIpc) is 3.04. The average molecular weight is 370 g/mol. The van der Waals surface area contributed by atoms with Crippen LogP contribution >= 0.6 is 0 Å². The lowest BCUT2D eigenvalue weighted by atomic mass is 10.1. The van der Waals surface area contributed by atoms with Crippen molar-refractivity contribution in [2.24, 2.45) is 7.05 Å². The summed E-state index contributed by atoms with van der Waals surface area (Å²) in [6.45, 7) is 0.521. The van der Waals surface area contributed by atoms with Gasteiger partial charge in [0.1, 0.15) is 12.4 Å². The molecule has 1 aromatic heterocycles. The van der Waals surface area contributed by atoms with Crippen molar-refractivity contribution in [1.29, 1.82) is 0 Å². The number of benzene rings is 3. The quantitative estimate of drug-likeness (QED) is 0.522. The van der Waals surface area contributed by atoms with Crippen molar-refractivity contribution >= 4 is 22.5 Å². The van der Waals surface area contributed by atoms with Crippen LogP contribution in [0.2, 0.25) is 0 Å². The van der Waals surface area contributed by atoms with Gasteiger partial charge in [-0.25, -0.2) is 0 Å². The number of para-hydroxylation sites is 1. The fourth-order valence-corrected chi connectivity index (χ4v) is 3.32. The summed E-state index contributed by atoms with van der Waals surface area (Å²) in [6.07, 6.45) is 2.36. The first-order chi connectivity index (χ1) is 13.7. The summed E-state index contributed by atoms with van der Waals surface area (Å²) in [5.41, 5.74) is 4.04. The number of nitrogens with zero attached hydrogens (tertiary/aromatic N) is 1. The molecule has 0 aliphatic carbocycles. The van der Waals surface area contributed by atoms with Crippen LogP contribution in [0.15, 0.2) is 85.1 Å². The molecule has 1 N–H and O–H groups in total. The van der Waals surface area contributed by atoms with Crippen LogP contribution in [0.25, 0.3) is 10.9 Å². The molecule has 0 radical (unpaired) electrons. The number of nitrogens with one attached hydrogen (secondary N) is 1. The largest absolute Gasteiger partial charge is 0.489 e. The van der Waals surface area contributed by atoms with E-state index in [1.807, 2.05) is 80.0 Å². The molecule has 140 valence electrons. The molecule has 0 fully saturated rings. The number of amides is 1. The van der Waals surface area contributed by atoms with E-state index in [-0.39, 0.29) is 5.91 Å². The second-order valence-corrected chi connectivity index (χ2v) is 6.81. The maximum Gasteiger partial charge on any atom is 0.228 e. The number of rotatable bonds is 6. The number of aryl methyl sites for hydroxylation is 1. The van der Waals surface area contributed by atoms with E-state index in [1.54, 1.807) is 0 Å². The van der Waals surface area contributed by atoms with Crippen LogP contribution in [-0.2, 0) is 24.9 Å². The van der Waals surface area contributed by atoms with Gasteiger partial charge in [-0.15, -0.1) is 0 Å². The minimum atomic E-state index is -0.0330. The summed E-state index contributed by atoms with van der Waals surface area (Å²) in [6, 6.07) is 25.6. The number of carbonyl (C=O) groups is 1. The molecule has 0 spiro atoms. The van der Waals surface area contributed by atoms with Crippen LogP contribution in [0.5, 0.6) is 5.75 Å². The smallest absolute Gasteiger partial charge is 0.228 e. The van der Waals surface area contributed by atoms with Gasteiger partial charge in [-0.1, -0.05) is 48.5 Å². The van der Waals surface area contributed by atoms with Crippen molar-refractivity contribution in [3.05, 3.63) is 96.2 Å². The first kappa shape index (κ1) is 17.9. The lowest BCUT2D eigenvalue weighted by Gasteiger charge is -2.08. The molecule has 0 aliphatic heterocycles. The Morgan fingerprint density at radius 2 is 1.64 bits per heavy atom. The third-order valence-corrected chi connectivity index (χ3v) is 4.72. The van der Waals surface area contributed by atoms with E-state index < -0.39 is 0 Å². The monoisotopic (exact) mass is 370 g/mol. The molecule has 1 amide bonds. The van der Waals surface area contributed by atoms with Crippen LogP contribution in [0.3, 0.4) is 0 Å². The van der Waals surface area contributed by atoms with Gasteiger partial charge in [-0.05, 0) is 41.5 Å². The van der Waals surface area contributed by atoms with Gasteiger partial charge in [-0.3, -0.25) is 4.79 Å². The number of hydrogen-bond acceptors (Lipinski definition) is 2. The molecule has 4 heteroatoms. The van der Waals surface area contributed by atoms with Gasteiger partial charge in [0, 0.05) is 29.8 Å². The second kappa shape index (κ2) is 8.01. The zero-order chi connectivity index (χ0) is 19.3. The number of fused-ring (bicyclic) bond motifs is 1. The molecule has 4 aromatic rings. The summed E-state index contributed by atoms with van der Waals surface area (Å²) in [4.78, 5) is 12.5. The Labute approximate surface area is 164 Å². The Hall–Kier alpha value is -3.53. The van der Waals surface area contributed by atoms with E-state index in [9.17, 15) is 4.79 Å². The van der Waals surface area contributed by atoms with E-state index in [0.29, 0.717) is 13.0 Å². The van der Waals surface area contributed by atoms with E-state index in [1.165, 1.54) is 0 Å². The molecule has 0 aliphatic rings. The molecule has 0 unspecified atom stereocenters. The number of anilines is 1. The van der Waals surface area contributed by atoms with E-state index in [0.717, 1.165) is 33.5 Å². The maximum absolute atomic E-state index is 12.5. The molecule has 4 nitrogen and oxygen atoms in total. The van der Waals surface area contributed by atoms with Crippen molar-refractivity contribution in [2.75, 3.05) is 5.32 Å². The van der Waals surface area contributed by atoms with Crippen LogP contribution < -0.4 is 10.1 Å².